The molecule has 1 aromatic rings. The molecule has 0 saturated carbocycles. The Morgan fingerprint density at radius 2 is 2.12 bits per heavy atom. The van der Waals surface area contributed by atoms with E-state index in [9.17, 15) is 18.0 Å². The molecule has 0 atom stereocenters. The van der Waals surface area contributed by atoms with E-state index in [4.69, 9.17) is 11.6 Å². The van der Waals surface area contributed by atoms with Gasteiger partial charge in [0.05, 0.1) is 5.56 Å². The number of amides is 2. The van der Waals surface area contributed by atoms with Crippen LogP contribution in [0.15, 0.2) is 23.1 Å². The molecule has 0 aromatic heterocycles. The lowest BCUT2D eigenvalue weighted by Gasteiger charge is -2.03. The number of sulfonamides is 1. The zero-order valence-electron chi connectivity index (χ0n) is 8.36. The molecule has 0 saturated heterocycles. The van der Waals surface area contributed by atoms with Crippen LogP contribution in [0.2, 0.25) is 0 Å². The van der Waals surface area contributed by atoms with Gasteiger partial charge in [0.15, 0.2) is 0 Å². The summed E-state index contributed by atoms with van der Waals surface area (Å²) in [4.78, 5) is 22.2. The molecule has 1 heterocycles. The minimum Gasteiger partial charge on any atom is -0.325 e. The maximum Gasteiger partial charge on any atom is 0.266 e. The smallest absolute Gasteiger partial charge is 0.266 e. The number of carbonyl (C=O) groups excluding carboxylic acids is 2. The van der Waals surface area contributed by atoms with Gasteiger partial charge in [0, 0.05) is 5.69 Å². The van der Waals surface area contributed by atoms with Crippen LogP contribution in [-0.4, -0.2) is 26.1 Å². The average Bonchev–Trinajstić information content (AvgIpc) is 2.49. The number of rotatable bonds is 2. The number of carbonyl (C=O) groups is 2. The molecule has 0 radical (unpaired) electrons. The molecule has 2 N–H and O–H groups in total. The second-order valence-corrected chi connectivity index (χ2v) is 5.25. The lowest BCUT2D eigenvalue weighted by Crippen LogP contribution is -2.20. The van der Waals surface area contributed by atoms with Gasteiger partial charge in [0.25, 0.3) is 15.9 Å². The van der Waals surface area contributed by atoms with E-state index in [0.717, 1.165) is 0 Å². The molecule has 8 heteroatoms. The molecule has 6 nitrogen and oxygen atoms in total. The van der Waals surface area contributed by atoms with E-state index >= 15 is 0 Å². The number of halogens is 1. The molecule has 1 aliphatic rings. The number of alkyl halides is 1. The number of anilines is 1. The molecule has 90 valence electrons. The lowest BCUT2D eigenvalue weighted by molar-refractivity contribution is -0.113. The Hall–Kier alpha value is -1.60. The molecule has 0 aliphatic carbocycles. The zero-order chi connectivity index (χ0) is 12.6. The van der Waals surface area contributed by atoms with Crippen LogP contribution in [0.5, 0.6) is 0 Å². The van der Waals surface area contributed by atoms with Crippen molar-refractivity contribution in [2.24, 2.45) is 0 Å². The van der Waals surface area contributed by atoms with Gasteiger partial charge in [-0.3, -0.25) is 9.59 Å². The summed E-state index contributed by atoms with van der Waals surface area (Å²) in [5.74, 6) is -1.36. The number of benzene rings is 1. The van der Waals surface area contributed by atoms with E-state index in [-0.39, 0.29) is 22.0 Å². The van der Waals surface area contributed by atoms with Crippen molar-refractivity contribution in [2.75, 3.05) is 11.2 Å². The summed E-state index contributed by atoms with van der Waals surface area (Å²) in [5.41, 5.74) is 0.336. The van der Waals surface area contributed by atoms with Crippen LogP contribution in [0.25, 0.3) is 0 Å². The highest BCUT2D eigenvalue weighted by atomic mass is 35.5. The van der Waals surface area contributed by atoms with Gasteiger partial charge in [-0.25, -0.2) is 13.1 Å². The van der Waals surface area contributed by atoms with E-state index in [1.165, 1.54) is 18.2 Å². The van der Waals surface area contributed by atoms with Crippen LogP contribution in [0.1, 0.15) is 10.4 Å². The Kier molecular flexibility index (Phi) is 2.80. The van der Waals surface area contributed by atoms with Crippen LogP contribution in [0, 0.1) is 0 Å². The molecule has 0 unspecified atom stereocenters. The molecule has 1 aliphatic heterocycles. The lowest BCUT2D eigenvalue weighted by atomic mass is 10.2. The van der Waals surface area contributed by atoms with Crippen molar-refractivity contribution in [1.29, 1.82) is 0 Å². The van der Waals surface area contributed by atoms with Gasteiger partial charge in [-0.2, -0.15) is 0 Å². The van der Waals surface area contributed by atoms with Gasteiger partial charge in [-0.15, -0.1) is 11.6 Å². The van der Waals surface area contributed by atoms with Crippen LogP contribution in [-0.2, 0) is 14.8 Å². The topological polar surface area (TPSA) is 92.3 Å². The fourth-order valence-corrected chi connectivity index (χ4v) is 2.70. The number of nitrogens with one attached hydrogen (secondary N) is 2. The highest BCUT2D eigenvalue weighted by Crippen LogP contribution is 2.25. The molecule has 1 aromatic carbocycles. The second-order valence-electron chi connectivity index (χ2n) is 3.33. The van der Waals surface area contributed by atoms with Crippen molar-refractivity contribution < 1.29 is 18.0 Å². The first-order chi connectivity index (χ1) is 7.94. The third-order valence-corrected chi connectivity index (χ3v) is 3.76. The number of fused-ring (bicyclic) bond motifs is 1. The van der Waals surface area contributed by atoms with Crippen molar-refractivity contribution in [3.63, 3.8) is 0 Å². The first-order valence-electron chi connectivity index (χ1n) is 4.51. The Labute approximate surface area is 102 Å². The van der Waals surface area contributed by atoms with Crippen molar-refractivity contribution >= 4 is 39.1 Å². The van der Waals surface area contributed by atoms with Gasteiger partial charge < -0.3 is 5.32 Å². The van der Waals surface area contributed by atoms with E-state index in [2.05, 4.69) is 5.32 Å². The first-order valence-corrected chi connectivity index (χ1v) is 6.53. The summed E-state index contributed by atoms with van der Waals surface area (Å²) < 4.78 is 24.8. The summed E-state index contributed by atoms with van der Waals surface area (Å²) in [6.45, 7) is 0. The third-order valence-electron chi connectivity index (χ3n) is 2.15. The predicted octanol–water partition coefficient (Wildman–Crippen LogP) is 0.296. The van der Waals surface area contributed by atoms with Crippen molar-refractivity contribution in [1.82, 2.24) is 4.72 Å². The fraction of sp³-hybridized carbons (Fsp3) is 0.111. The quantitative estimate of drug-likeness (QED) is 0.759. The van der Waals surface area contributed by atoms with Crippen LogP contribution >= 0.6 is 11.6 Å². The van der Waals surface area contributed by atoms with Gasteiger partial charge in [-0.1, -0.05) is 0 Å². The van der Waals surface area contributed by atoms with E-state index in [1.54, 1.807) is 0 Å². The van der Waals surface area contributed by atoms with E-state index in [0.29, 0.717) is 0 Å². The maximum absolute atomic E-state index is 11.5. The largest absolute Gasteiger partial charge is 0.325 e. The van der Waals surface area contributed by atoms with Crippen LogP contribution < -0.4 is 10.0 Å². The molecule has 2 rings (SSSR count). The molecule has 2 amide bonds. The standard InChI is InChI=1S/C9H7ClN2O4S/c10-4-8(13)11-5-1-2-6-7(3-5)17(15,16)12-9(6)14/h1-3H,4H2,(H,11,13)(H,12,14). The van der Waals surface area contributed by atoms with Gasteiger partial charge >= 0.3 is 0 Å². The molecule has 0 fully saturated rings. The summed E-state index contributed by atoms with van der Waals surface area (Å²) >= 11 is 5.30. The molecular weight excluding hydrogens is 268 g/mol. The zero-order valence-corrected chi connectivity index (χ0v) is 9.93. The second kappa shape index (κ2) is 4.01. The van der Waals surface area contributed by atoms with Crippen LogP contribution in [0.3, 0.4) is 0 Å². The SMILES string of the molecule is O=C(CCl)Nc1ccc2c(c1)S(=O)(=O)NC2=O. The Morgan fingerprint density at radius 1 is 1.41 bits per heavy atom. The summed E-state index contributed by atoms with van der Waals surface area (Å²) in [7, 11) is -3.80. The summed E-state index contributed by atoms with van der Waals surface area (Å²) in [6.07, 6.45) is 0. The van der Waals surface area contributed by atoms with Crippen molar-refractivity contribution in [3.05, 3.63) is 23.8 Å². The van der Waals surface area contributed by atoms with E-state index < -0.39 is 21.8 Å². The Morgan fingerprint density at radius 3 is 2.76 bits per heavy atom. The number of hydrogen-bond donors (Lipinski definition) is 2. The van der Waals surface area contributed by atoms with Gasteiger partial charge in [0.1, 0.15) is 10.8 Å². The molecule has 17 heavy (non-hydrogen) atoms. The van der Waals surface area contributed by atoms with Crippen molar-refractivity contribution in [2.45, 2.75) is 4.90 Å². The minimum absolute atomic E-state index is 0.0638. The van der Waals surface area contributed by atoms with Gasteiger partial charge in [-0.05, 0) is 18.2 Å². The monoisotopic (exact) mass is 274 g/mol. The minimum atomic E-state index is -3.80. The Balaban J connectivity index is 2.45. The molecular formula is C9H7ClN2O4S. The normalized spacial score (nSPS) is 16.2. The number of hydrogen-bond acceptors (Lipinski definition) is 4. The average molecular weight is 275 g/mol. The molecule has 0 spiro atoms. The molecule has 0 bridgehead atoms. The summed E-state index contributed by atoms with van der Waals surface area (Å²) in [6, 6.07) is 3.98. The van der Waals surface area contributed by atoms with Crippen LogP contribution in [0.4, 0.5) is 5.69 Å². The first kappa shape index (κ1) is 11.9. The highest BCUT2D eigenvalue weighted by molar-refractivity contribution is 7.90. The fourth-order valence-electron chi connectivity index (χ4n) is 1.44. The van der Waals surface area contributed by atoms with E-state index in [1.807, 2.05) is 4.72 Å². The Bertz CT molecular complexity index is 611. The third kappa shape index (κ3) is 2.11. The van der Waals surface area contributed by atoms with Gasteiger partial charge in [0.2, 0.25) is 5.91 Å². The van der Waals surface area contributed by atoms with Crippen molar-refractivity contribution in [3.8, 4) is 0 Å². The maximum atomic E-state index is 11.5. The predicted molar refractivity (Wildman–Crippen MR) is 60.4 cm³/mol. The highest BCUT2D eigenvalue weighted by Gasteiger charge is 2.32. The summed E-state index contributed by atoms with van der Waals surface area (Å²) in [5, 5.41) is 2.40.